The minimum absolute atomic E-state index is 0.156. The minimum Gasteiger partial charge on any atom is -0.452 e. The predicted octanol–water partition coefficient (Wildman–Crippen LogP) is 1.99. The van der Waals surface area contributed by atoms with Gasteiger partial charge in [0.15, 0.2) is 6.10 Å². The molecule has 0 saturated carbocycles. The first-order chi connectivity index (χ1) is 8.50. The third-order valence-electron chi connectivity index (χ3n) is 2.14. The first kappa shape index (κ1) is 14.9. The topological polar surface area (TPSA) is 69.4 Å². The van der Waals surface area contributed by atoms with Crippen molar-refractivity contribution in [2.24, 2.45) is 5.73 Å². The molecule has 1 amide bonds. The Balaban J connectivity index is 2.32. The van der Waals surface area contributed by atoms with Crippen LogP contribution in [0.2, 0.25) is 5.02 Å². The third kappa shape index (κ3) is 4.98. The predicted molar refractivity (Wildman–Crippen MR) is 72.4 cm³/mol. The zero-order valence-electron chi connectivity index (χ0n) is 9.89. The van der Waals surface area contributed by atoms with Crippen molar-refractivity contribution in [2.45, 2.75) is 18.8 Å². The molecule has 0 saturated heterocycles. The van der Waals surface area contributed by atoms with Crippen molar-refractivity contribution in [3.05, 3.63) is 34.9 Å². The molecule has 2 N–H and O–H groups in total. The summed E-state index contributed by atoms with van der Waals surface area (Å²) in [4.78, 5) is 22.0. The number of hydrogen-bond acceptors (Lipinski definition) is 4. The van der Waals surface area contributed by atoms with E-state index in [1.54, 1.807) is 6.07 Å². The molecule has 1 aromatic carbocycles. The van der Waals surface area contributed by atoms with E-state index in [1.807, 2.05) is 18.2 Å². The summed E-state index contributed by atoms with van der Waals surface area (Å²) in [5.41, 5.74) is 5.94. The second kappa shape index (κ2) is 7.28. The second-order valence-electron chi connectivity index (χ2n) is 3.62. The van der Waals surface area contributed by atoms with Gasteiger partial charge in [-0.25, -0.2) is 0 Å². The van der Waals surface area contributed by atoms with Gasteiger partial charge in [0, 0.05) is 10.8 Å². The molecule has 1 rings (SSSR count). The molecule has 0 unspecified atom stereocenters. The molecular weight excluding hydrogens is 274 g/mol. The van der Waals surface area contributed by atoms with E-state index in [-0.39, 0.29) is 5.75 Å². The number of esters is 1. The lowest BCUT2D eigenvalue weighted by Gasteiger charge is -2.09. The van der Waals surface area contributed by atoms with E-state index < -0.39 is 18.0 Å². The summed E-state index contributed by atoms with van der Waals surface area (Å²) in [6.07, 6.45) is -0.890. The highest BCUT2D eigenvalue weighted by atomic mass is 35.5. The molecular formula is C12H14ClNO3S. The lowest BCUT2D eigenvalue weighted by atomic mass is 10.2. The molecule has 98 valence electrons. The fraction of sp³-hybridized carbons (Fsp3) is 0.333. The Bertz CT molecular complexity index is 439. The first-order valence-electron chi connectivity index (χ1n) is 5.30. The quantitative estimate of drug-likeness (QED) is 0.813. The smallest absolute Gasteiger partial charge is 0.316 e. The highest BCUT2D eigenvalue weighted by molar-refractivity contribution is 7.99. The fourth-order valence-corrected chi connectivity index (χ4v) is 2.24. The molecule has 0 bridgehead atoms. The number of halogens is 1. The maximum absolute atomic E-state index is 11.3. The van der Waals surface area contributed by atoms with E-state index >= 15 is 0 Å². The average molecular weight is 288 g/mol. The van der Waals surface area contributed by atoms with Crippen molar-refractivity contribution in [2.75, 3.05) is 5.75 Å². The van der Waals surface area contributed by atoms with Gasteiger partial charge in [0.1, 0.15) is 0 Å². The number of carbonyl (C=O) groups is 2. The Morgan fingerprint density at radius 1 is 1.44 bits per heavy atom. The Morgan fingerprint density at radius 3 is 2.72 bits per heavy atom. The van der Waals surface area contributed by atoms with Crippen molar-refractivity contribution < 1.29 is 14.3 Å². The van der Waals surface area contributed by atoms with Gasteiger partial charge in [0.25, 0.3) is 5.91 Å². The number of thioether (sulfide) groups is 1. The molecule has 0 aromatic heterocycles. The summed E-state index contributed by atoms with van der Waals surface area (Å²) in [6.45, 7) is 1.44. The van der Waals surface area contributed by atoms with Gasteiger partial charge in [-0.3, -0.25) is 9.59 Å². The summed E-state index contributed by atoms with van der Waals surface area (Å²) in [7, 11) is 0. The van der Waals surface area contributed by atoms with E-state index in [0.717, 1.165) is 5.56 Å². The van der Waals surface area contributed by atoms with Crippen molar-refractivity contribution in [1.82, 2.24) is 0 Å². The largest absolute Gasteiger partial charge is 0.452 e. The molecule has 0 aliphatic rings. The lowest BCUT2D eigenvalue weighted by molar-refractivity contribution is -0.151. The molecule has 0 spiro atoms. The number of nitrogens with two attached hydrogens (primary N) is 1. The van der Waals surface area contributed by atoms with Gasteiger partial charge in [0.2, 0.25) is 0 Å². The van der Waals surface area contributed by atoms with E-state index in [2.05, 4.69) is 0 Å². The monoisotopic (exact) mass is 287 g/mol. The van der Waals surface area contributed by atoms with Crippen LogP contribution in [-0.2, 0) is 20.1 Å². The summed E-state index contributed by atoms with van der Waals surface area (Å²) in [6, 6.07) is 7.42. The molecule has 0 aliphatic carbocycles. The van der Waals surface area contributed by atoms with Crippen LogP contribution in [0.15, 0.2) is 24.3 Å². The number of primary amides is 1. The first-order valence-corrected chi connectivity index (χ1v) is 6.84. The lowest BCUT2D eigenvalue weighted by Crippen LogP contribution is -2.31. The minimum atomic E-state index is -0.890. The number of rotatable bonds is 6. The molecule has 0 aliphatic heterocycles. The van der Waals surface area contributed by atoms with Crippen LogP contribution in [0.3, 0.4) is 0 Å². The molecule has 1 atom stereocenters. The van der Waals surface area contributed by atoms with Gasteiger partial charge in [-0.15, -0.1) is 11.8 Å². The van der Waals surface area contributed by atoms with Gasteiger partial charge in [-0.05, 0) is 18.6 Å². The van der Waals surface area contributed by atoms with Crippen LogP contribution >= 0.6 is 23.4 Å². The van der Waals surface area contributed by atoms with Crippen LogP contribution in [0.25, 0.3) is 0 Å². The van der Waals surface area contributed by atoms with E-state index in [1.165, 1.54) is 18.7 Å². The van der Waals surface area contributed by atoms with Crippen LogP contribution in [0, 0.1) is 0 Å². The second-order valence-corrected chi connectivity index (χ2v) is 5.01. The summed E-state index contributed by atoms with van der Waals surface area (Å²) in [5.74, 6) is -0.347. The molecule has 6 heteroatoms. The SMILES string of the molecule is C[C@@H](OC(=O)CSCc1ccccc1Cl)C(N)=O. The van der Waals surface area contributed by atoms with Crippen molar-refractivity contribution in [3.63, 3.8) is 0 Å². The number of carbonyl (C=O) groups excluding carboxylic acids is 2. The van der Waals surface area contributed by atoms with Crippen LogP contribution in [0.5, 0.6) is 0 Å². The highest BCUT2D eigenvalue weighted by Gasteiger charge is 2.14. The molecule has 0 heterocycles. The summed E-state index contributed by atoms with van der Waals surface area (Å²) >= 11 is 7.35. The normalized spacial score (nSPS) is 11.9. The van der Waals surface area contributed by atoms with Gasteiger partial charge in [0.05, 0.1) is 5.75 Å². The average Bonchev–Trinajstić information content (AvgIpc) is 2.31. The van der Waals surface area contributed by atoms with Gasteiger partial charge >= 0.3 is 5.97 Å². The van der Waals surface area contributed by atoms with Crippen LogP contribution in [0.4, 0.5) is 0 Å². The van der Waals surface area contributed by atoms with Crippen LogP contribution in [0.1, 0.15) is 12.5 Å². The Kier molecular flexibility index (Phi) is 6.01. The molecule has 0 fully saturated rings. The number of hydrogen-bond donors (Lipinski definition) is 1. The van der Waals surface area contributed by atoms with Gasteiger partial charge < -0.3 is 10.5 Å². The number of benzene rings is 1. The highest BCUT2D eigenvalue weighted by Crippen LogP contribution is 2.20. The Hall–Kier alpha value is -1.20. The van der Waals surface area contributed by atoms with Gasteiger partial charge in [-0.1, -0.05) is 29.8 Å². The maximum Gasteiger partial charge on any atom is 0.316 e. The summed E-state index contributed by atoms with van der Waals surface area (Å²) in [5, 5.41) is 0.670. The number of ether oxygens (including phenoxy) is 1. The number of amides is 1. The molecule has 4 nitrogen and oxygen atoms in total. The van der Waals surface area contributed by atoms with Crippen LogP contribution < -0.4 is 5.73 Å². The molecule has 18 heavy (non-hydrogen) atoms. The molecule has 1 aromatic rings. The molecule has 0 radical (unpaired) electrons. The van der Waals surface area contributed by atoms with Crippen LogP contribution in [-0.4, -0.2) is 23.7 Å². The zero-order chi connectivity index (χ0) is 13.5. The fourth-order valence-electron chi connectivity index (χ4n) is 1.15. The van der Waals surface area contributed by atoms with E-state index in [4.69, 9.17) is 22.1 Å². The Labute approximate surface area is 115 Å². The summed E-state index contributed by atoms with van der Waals surface area (Å²) < 4.78 is 4.81. The Morgan fingerprint density at radius 2 is 2.11 bits per heavy atom. The van der Waals surface area contributed by atoms with E-state index in [9.17, 15) is 9.59 Å². The van der Waals surface area contributed by atoms with Gasteiger partial charge in [-0.2, -0.15) is 0 Å². The maximum atomic E-state index is 11.3. The van der Waals surface area contributed by atoms with Crippen molar-refractivity contribution in [3.8, 4) is 0 Å². The van der Waals surface area contributed by atoms with Crippen molar-refractivity contribution >= 4 is 35.2 Å². The van der Waals surface area contributed by atoms with E-state index in [0.29, 0.717) is 10.8 Å². The van der Waals surface area contributed by atoms with Crippen molar-refractivity contribution in [1.29, 1.82) is 0 Å². The standard InChI is InChI=1S/C12H14ClNO3S/c1-8(12(14)16)17-11(15)7-18-6-9-4-2-3-5-10(9)13/h2-5,8H,6-7H2,1H3,(H2,14,16)/t8-/m1/s1. The third-order valence-corrected chi connectivity index (χ3v) is 3.47. The zero-order valence-corrected chi connectivity index (χ0v) is 11.5.